The molecule has 3 unspecified atom stereocenters. The molecule has 0 amide bonds. The average Bonchev–Trinajstić information content (AvgIpc) is 2.61. The number of thiocarbonyl (C=S) groups is 1. The molecule has 1 rings (SSSR count). The Morgan fingerprint density at radius 1 is 1.19 bits per heavy atom. The van der Waals surface area contributed by atoms with Crippen LogP contribution in [0.25, 0.3) is 0 Å². The van der Waals surface area contributed by atoms with E-state index in [1.807, 2.05) is 11.8 Å². The van der Waals surface area contributed by atoms with Crippen LogP contribution in [0.1, 0.15) is 112 Å². The highest BCUT2D eigenvalue weighted by Gasteiger charge is 2.26. The van der Waals surface area contributed by atoms with Crippen LogP contribution in [0.2, 0.25) is 0 Å². The molecule has 0 fully saturated rings. The number of Topliss-reactive ketones (excluding diaryl/α,β-unsaturated/α-hetero) is 1. The zero-order valence-corrected chi connectivity index (χ0v) is 20.1. The van der Waals surface area contributed by atoms with Crippen molar-refractivity contribution in [1.82, 2.24) is 0 Å². The standard InChI is InChI=1S/C24H42OS2/c1-6-13-19(3)24(27-23(26)17-12-15-20(4)25)22-16-11-9-7-8-10-14-18(2)21(22)5/h18-19,24H,6-17H2,1-5H3/b22-21-. The van der Waals surface area contributed by atoms with Gasteiger partial charge in [0.15, 0.2) is 0 Å². The topological polar surface area (TPSA) is 17.1 Å². The zero-order chi connectivity index (χ0) is 20.2. The molecule has 0 radical (unpaired) electrons. The van der Waals surface area contributed by atoms with Crippen LogP contribution in [0.15, 0.2) is 11.1 Å². The number of hydrogen-bond donors (Lipinski definition) is 0. The summed E-state index contributed by atoms with van der Waals surface area (Å²) in [5.41, 5.74) is 3.34. The van der Waals surface area contributed by atoms with E-state index in [-0.39, 0.29) is 5.78 Å². The Morgan fingerprint density at radius 3 is 2.52 bits per heavy atom. The zero-order valence-electron chi connectivity index (χ0n) is 18.4. The summed E-state index contributed by atoms with van der Waals surface area (Å²) in [7, 11) is 0. The predicted octanol–water partition coefficient (Wildman–Crippen LogP) is 8.31. The fraction of sp³-hybridized carbons (Fsp3) is 0.833. The molecule has 3 heteroatoms. The van der Waals surface area contributed by atoms with Gasteiger partial charge in [0.2, 0.25) is 0 Å². The van der Waals surface area contributed by atoms with Gasteiger partial charge in [0, 0.05) is 15.9 Å². The van der Waals surface area contributed by atoms with Crippen molar-refractivity contribution >= 4 is 34.0 Å². The highest BCUT2D eigenvalue weighted by Crippen LogP contribution is 2.38. The lowest BCUT2D eigenvalue weighted by Crippen LogP contribution is -2.22. The third-order valence-electron chi connectivity index (χ3n) is 6.10. The monoisotopic (exact) mass is 410 g/mol. The Hall–Kier alpha value is -0.150. The van der Waals surface area contributed by atoms with Crippen LogP contribution in [-0.4, -0.2) is 15.2 Å². The molecular weight excluding hydrogens is 368 g/mol. The van der Waals surface area contributed by atoms with Crippen molar-refractivity contribution in [3.8, 4) is 0 Å². The van der Waals surface area contributed by atoms with Gasteiger partial charge in [-0.3, -0.25) is 0 Å². The van der Waals surface area contributed by atoms with Crippen LogP contribution in [0.5, 0.6) is 0 Å². The molecule has 0 bridgehead atoms. The van der Waals surface area contributed by atoms with E-state index in [1.165, 1.54) is 57.8 Å². The first kappa shape index (κ1) is 24.9. The molecular formula is C24H42OS2. The summed E-state index contributed by atoms with van der Waals surface area (Å²) in [5.74, 6) is 1.63. The van der Waals surface area contributed by atoms with Gasteiger partial charge in [0.25, 0.3) is 0 Å². The normalized spacial score (nSPS) is 24.3. The largest absolute Gasteiger partial charge is 0.300 e. The van der Waals surface area contributed by atoms with Crippen LogP contribution in [0, 0.1) is 11.8 Å². The van der Waals surface area contributed by atoms with Crippen LogP contribution < -0.4 is 0 Å². The fourth-order valence-electron chi connectivity index (χ4n) is 4.21. The number of allylic oxidation sites excluding steroid dienone is 1. The molecule has 156 valence electrons. The van der Waals surface area contributed by atoms with Gasteiger partial charge in [-0.2, -0.15) is 0 Å². The van der Waals surface area contributed by atoms with Crippen LogP contribution in [0.3, 0.4) is 0 Å². The highest BCUT2D eigenvalue weighted by molar-refractivity contribution is 8.23. The maximum atomic E-state index is 11.2. The van der Waals surface area contributed by atoms with E-state index in [2.05, 4.69) is 27.7 Å². The molecule has 0 N–H and O–H groups in total. The van der Waals surface area contributed by atoms with Gasteiger partial charge < -0.3 is 4.79 Å². The number of carbonyl (C=O) groups is 1. The number of carbonyl (C=O) groups excluding carboxylic acids is 1. The SMILES string of the molecule is CCCC(C)C(SC(=S)CCCC(C)=O)/C1=C(/C)C(C)CCCCCCC1. The summed E-state index contributed by atoms with van der Waals surface area (Å²) >= 11 is 7.71. The molecule has 3 atom stereocenters. The first-order valence-corrected chi connectivity index (χ1v) is 12.5. The Labute approximate surface area is 178 Å². The number of hydrogen-bond acceptors (Lipinski definition) is 3. The van der Waals surface area contributed by atoms with E-state index in [0.717, 1.165) is 17.0 Å². The minimum absolute atomic E-state index is 0.276. The number of rotatable bonds is 9. The lowest BCUT2D eigenvalue weighted by atomic mass is 9.83. The van der Waals surface area contributed by atoms with Gasteiger partial charge in [-0.05, 0) is 64.2 Å². The van der Waals surface area contributed by atoms with Crippen molar-refractivity contribution in [3.63, 3.8) is 0 Å². The summed E-state index contributed by atoms with van der Waals surface area (Å²) in [4.78, 5) is 11.2. The van der Waals surface area contributed by atoms with E-state index >= 15 is 0 Å². The highest BCUT2D eigenvalue weighted by atomic mass is 32.2. The molecule has 1 aliphatic carbocycles. The minimum atomic E-state index is 0.276. The first-order valence-electron chi connectivity index (χ1n) is 11.2. The Morgan fingerprint density at radius 2 is 1.85 bits per heavy atom. The summed E-state index contributed by atoms with van der Waals surface area (Å²) in [6.07, 6.45) is 14.4. The Bertz CT molecular complexity index is 495. The van der Waals surface area contributed by atoms with Crippen molar-refractivity contribution in [1.29, 1.82) is 0 Å². The van der Waals surface area contributed by atoms with Gasteiger partial charge in [-0.15, -0.1) is 11.8 Å². The van der Waals surface area contributed by atoms with Crippen molar-refractivity contribution in [2.45, 2.75) is 117 Å². The van der Waals surface area contributed by atoms with E-state index in [9.17, 15) is 4.79 Å². The van der Waals surface area contributed by atoms with Crippen molar-refractivity contribution in [2.75, 3.05) is 0 Å². The molecule has 27 heavy (non-hydrogen) atoms. The molecule has 1 nitrogen and oxygen atoms in total. The van der Waals surface area contributed by atoms with Gasteiger partial charge in [-0.25, -0.2) is 0 Å². The molecule has 0 aliphatic heterocycles. The second-order valence-electron chi connectivity index (χ2n) is 8.65. The first-order chi connectivity index (χ1) is 12.9. The average molecular weight is 411 g/mol. The van der Waals surface area contributed by atoms with E-state index in [1.54, 1.807) is 18.1 Å². The van der Waals surface area contributed by atoms with Gasteiger partial charge in [-0.1, -0.05) is 76.2 Å². The van der Waals surface area contributed by atoms with Crippen LogP contribution in [-0.2, 0) is 4.79 Å². The third kappa shape index (κ3) is 9.74. The van der Waals surface area contributed by atoms with E-state index in [0.29, 0.717) is 23.5 Å². The molecule has 0 aromatic rings. The second kappa shape index (κ2) is 13.9. The minimum Gasteiger partial charge on any atom is -0.300 e. The summed E-state index contributed by atoms with van der Waals surface area (Å²) < 4.78 is 1.11. The Kier molecular flexibility index (Phi) is 12.8. The maximum Gasteiger partial charge on any atom is 0.129 e. The third-order valence-corrected chi connectivity index (χ3v) is 8.06. The van der Waals surface area contributed by atoms with Gasteiger partial charge in [0.1, 0.15) is 5.78 Å². The van der Waals surface area contributed by atoms with E-state index in [4.69, 9.17) is 12.2 Å². The fourth-order valence-corrected chi connectivity index (χ4v) is 6.03. The number of thioether (sulfide) groups is 1. The van der Waals surface area contributed by atoms with Crippen LogP contribution in [0.4, 0.5) is 0 Å². The van der Waals surface area contributed by atoms with Crippen LogP contribution >= 0.6 is 24.0 Å². The molecule has 0 spiro atoms. The second-order valence-corrected chi connectivity index (χ2v) is 10.6. The smallest absolute Gasteiger partial charge is 0.129 e. The molecule has 0 saturated carbocycles. The summed E-state index contributed by atoms with van der Waals surface area (Å²) in [6, 6.07) is 0. The quantitative estimate of drug-likeness (QED) is 0.281. The summed E-state index contributed by atoms with van der Waals surface area (Å²) in [5, 5.41) is 0.525. The predicted molar refractivity (Wildman–Crippen MR) is 127 cm³/mol. The van der Waals surface area contributed by atoms with Crippen molar-refractivity contribution in [3.05, 3.63) is 11.1 Å². The molecule has 1 aliphatic rings. The molecule has 0 aromatic carbocycles. The molecule has 0 aromatic heterocycles. The van der Waals surface area contributed by atoms with E-state index < -0.39 is 0 Å². The summed E-state index contributed by atoms with van der Waals surface area (Å²) in [6.45, 7) is 11.2. The maximum absolute atomic E-state index is 11.2. The lowest BCUT2D eigenvalue weighted by Gasteiger charge is -2.31. The molecule has 0 heterocycles. The number of ketones is 1. The van der Waals surface area contributed by atoms with Gasteiger partial charge >= 0.3 is 0 Å². The van der Waals surface area contributed by atoms with Gasteiger partial charge in [0.05, 0.1) is 0 Å². The Balaban J connectivity index is 2.97. The van der Waals surface area contributed by atoms with Crippen molar-refractivity contribution < 1.29 is 4.79 Å². The molecule has 0 saturated heterocycles. The van der Waals surface area contributed by atoms with Crippen molar-refractivity contribution in [2.24, 2.45) is 11.8 Å². The lowest BCUT2D eigenvalue weighted by molar-refractivity contribution is -0.117.